The van der Waals surface area contributed by atoms with Crippen LogP contribution in [0.1, 0.15) is 22.5 Å². The summed E-state index contributed by atoms with van der Waals surface area (Å²) >= 11 is 5.89. The number of halogens is 1. The molecule has 0 saturated carbocycles. The fourth-order valence-electron chi connectivity index (χ4n) is 3.89. The van der Waals surface area contributed by atoms with E-state index in [4.69, 9.17) is 16.6 Å². The molecule has 5 rings (SSSR count). The quantitative estimate of drug-likeness (QED) is 0.346. The molecule has 8 nitrogen and oxygen atoms in total. The SMILES string of the molecule is Cc1cc(Cc2ccc3nc(NCc4ccc(N(C)c5ncc(Cl)cn5)cc4)n(C)c3c2)n[nH]1. The first-order valence-electron chi connectivity index (χ1n) is 11.0. The van der Waals surface area contributed by atoms with Crippen molar-refractivity contribution in [2.24, 2.45) is 7.05 Å². The standard InChI is InChI=1S/C25H25ClN8/c1-16-10-20(32-31-16)11-18-6-9-22-23(12-18)34(3)25(30-22)27-13-17-4-7-21(8-5-17)33(2)24-28-14-19(26)15-29-24/h4-10,12,14-15H,11,13H2,1-3H3,(H,27,30)(H,31,32). The number of aryl methyl sites for hydroxylation is 2. The maximum Gasteiger partial charge on any atom is 0.229 e. The lowest BCUT2D eigenvalue weighted by Crippen LogP contribution is -2.13. The van der Waals surface area contributed by atoms with Gasteiger partial charge in [-0.25, -0.2) is 15.0 Å². The maximum atomic E-state index is 5.89. The molecule has 172 valence electrons. The zero-order chi connectivity index (χ0) is 23.7. The van der Waals surface area contributed by atoms with E-state index in [0.29, 0.717) is 17.5 Å². The summed E-state index contributed by atoms with van der Waals surface area (Å²) < 4.78 is 2.09. The number of aromatic amines is 1. The van der Waals surface area contributed by atoms with Crippen LogP contribution in [-0.2, 0) is 20.0 Å². The molecule has 0 bridgehead atoms. The van der Waals surface area contributed by atoms with Gasteiger partial charge >= 0.3 is 0 Å². The van der Waals surface area contributed by atoms with Crippen LogP contribution in [0.25, 0.3) is 11.0 Å². The number of hydrogen-bond donors (Lipinski definition) is 2. The normalized spacial score (nSPS) is 11.2. The van der Waals surface area contributed by atoms with E-state index in [1.807, 2.05) is 38.1 Å². The highest BCUT2D eigenvalue weighted by Gasteiger charge is 2.10. The lowest BCUT2D eigenvalue weighted by atomic mass is 10.1. The molecule has 0 fully saturated rings. The Morgan fingerprint density at radius 1 is 1.03 bits per heavy atom. The molecule has 0 radical (unpaired) electrons. The summed E-state index contributed by atoms with van der Waals surface area (Å²) in [7, 11) is 3.96. The van der Waals surface area contributed by atoms with Gasteiger partial charge in [-0.2, -0.15) is 5.10 Å². The van der Waals surface area contributed by atoms with E-state index < -0.39 is 0 Å². The number of benzene rings is 2. The molecule has 0 unspecified atom stereocenters. The molecule has 3 heterocycles. The minimum atomic E-state index is 0.518. The number of hydrogen-bond acceptors (Lipinski definition) is 6. The zero-order valence-corrected chi connectivity index (χ0v) is 20.0. The summed E-state index contributed by atoms with van der Waals surface area (Å²) in [5.74, 6) is 1.43. The Hall–Kier alpha value is -3.91. The highest BCUT2D eigenvalue weighted by molar-refractivity contribution is 6.30. The van der Waals surface area contributed by atoms with Gasteiger partial charge in [0.1, 0.15) is 0 Å². The summed E-state index contributed by atoms with van der Waals surface area (Å²) in [5.41, 5.74) is 7.51. The predicted molar refractivity (Wildman–Crippen MR) is 136 cm³/mol. The Bertz CT molecular complexity index is 1420. The molecule has 9 heteroatoms. The van der Waals surface area contributed by atoms with E-state index in [1.54, 1.807) is 12.4 Å². The van der Waals surface area contributed by atoms with Crippen molar-refractivity contribution in [2.45, 2.75) is 19.9 Å². The number of nitrogens with one attached hydrogen (secondary N) is 2. The molecule has 2 aromatic carbocycles. The van der Waals surface area contributed by atoms with Crippen molar-refractivity contribution in [3.8, 4) is 0 Å². The summed E-state index contributed by atoms with van der Waals surface area (Å²) in [6.45, 7) is 2.68. The van der Waals surface area contributed by atoms with Gasteiger partial charge in [-0.1, -0.05) is 29.8 Å². The zero-order valence-electron chi connectivity index (χ0n) is 19.2. The minimum Gasteiger partial charge on any atom is -0.352 e. The highest BCUT2D eigenvalue weighted by Crippen LogP contribution is 2.23. The molecule has 0 spiro atoms. The molecule has 34 heavy (non-hydrogen) atoms. The van der Waals surface area contributed by atoms with Crippen molar-refractivity contribution < 1.29 is 0 Å². The second-order valence-electron chi connectivity index (χ2n) is 8.32. The van der Waals surface area contributed by atoms with Crippen LogP contribution in [0.2, 0.25) is 5.02 Å². The second kappa shape index (κ2) is 9.15. The molecular weight excluding hydrogens is 448 g/mol. The van der Waals surface area contributed by atoms with E-state index in [1.165, 1.54) is 5.56 Å². The van der Waals surface area contributed by atoms with Crippen LogP contribution in [0, 0.1) is 6.92 Å². The summed E-state index contributed by atoms with van der Waals surface area (Å²) in [4.78, 5) is 15.2. The maximum absolute atomic E-state index is 5.89. The van der Waals surface area contributed by atoms with Gasteiger partial charge in [-0.05, 0) is 48.4 Å². The first-order chi connectivity index (χ1) is 16.5. The van der Waals surface area contributed by atoms with E-state index in [0.717, 1.165) is 46.0 Å². The summed E-state index contributed by atoms with van der Waals surface area (Å²) in [6, 6.07) is 16.7. The summed E-state index contributed by atoms with van der Waals surface area (Å²) in [5, 5.41) is 11.3. The predicted octanol–water partition coefficient (Wildman–Crippen LogP) is 5.02. The number of fused-ring (bicyclic) bond motifs is 1. The van der Waals surface area contributed by atoms with E-state index in [2.05, 4.69) is 66.4 Å². The molecule has 0 aliphatic carbocycles. The monoisotopic (exact) mass is 472 g/mol. The lowest BCUT2D eigenvalue weighted by molar-refractivity contribution is 0.925. The van der Waals surface area contributed by atoms with Crippen molar-refractivity contribution in [3.05, 3.63) is 88.5 Å². The van der Waals surface area contributed by atoms with Gasteiger partial charge in [0.25, 0.3) is 0 Å². The molecule has 5 aromatic rings. The smallest absolute Gasteiger partial charge is 0.229 e. The number of rotatable bonds is 7. The number of anilines is 3. The van der Waals surface area contributed by atoms with Crippen LogP contribution in [-0.4, -0.2) is 36.8 Å². The Morgan fingerprint density at radius 2 is 1.76 bits per heavy atom. The Morgan fingerprint density at radius 3 is 2.47 bits per heavy atom. The van der Waals surface area contributed by atoms with Gasteiger partial charge in [-0.15, -0.1) is 0 Å². The highest BCUT2D eigenvalue weighted by atomic mass is 35.5. The Kier molecular flexibility index (Phi) is 5.90. The van der Waals surface area contributed by atoms with Crippen molar-refractivity contribution in [1.29, 1.82) is 0 Å². The summed E-state index contributed by atoms with van der Waals surface area (Å²) in [6.07, 6.45) is 3.98. The first kappa shape index (κ1) is 21.9. The number of H-pyrrole nitrogens is 1. The van der Waals surface area contributed by atoms with Crippen LogP contribution in [0.5, 0.6) is 0 Å². The minimum absolute atomic E-state index is 0.518. The largest absolute Gasteiger partial charge is 0.352 e. The van der Waals surface area contributed by atoms with Crippen LogP contribution in [0.3, 0.4) is 0 Å². The number of nitrogens with zero attached hydrogens (tertiary/aromatic N) is 6. The van der Waals surface area contributed by atoms with Gasteiger partial charge < -0.3 is 14.8 Å². The van der Waals surface area contributed by atoms with Crippen LogP contribution in [0.4, 0.5) is 17.6 Å². The van der Waals surface area contributed by atoms with Crippen LogP contribution < -0.4 is 10.2 Å². The molecule has 0 aliphatic heterocycles. The van der Waals surface area contributed by atoms with E-state index >= 15 is 0 Å². The fourth-order valence-corrected chi connectivity index (χ4v) is 3.99. The first-order valence-corrected chi connectivity index (χ1v) is 11.3. The average molecular weight is 473 g/mol. The molecule has 0 atom stereocenters. The molecule has 0 aliphatic rings. The van der Waals surface area contributed by atoms with Crippen LogP contribution >= 0.6 is 11.6 Å². The van der Waals surface area contributed by atoms with Gasteiger partial charge in [-0.3, -0.25) is 5.10 Å². The molecule has 2 N–H and O–H groups in total. The van der Waals surface area contributed by atoms with Gasteiger partial charge in [0.15, 0.2) is 0 Å². The Balaban J connectivity index is 1.27. The molecule has 0 saturated heterocycles. The van der Waals surface area contributed by atoms with Gasteiger partial charge in [0.2, 0.25) is 11.9 Å². The number of imidazole rings is 1. The van der Waals surface area contributed by atoms with E-state index in [-0.39, 0.29) is 0 Å². The molecular formula is C25H25ClN8. The van der Waals surface area contributed by atoms with Crippen molar-refractivity contribution in [2.75, 3.05) is 17.3 Å². The fraction of sp³-hybridized carbons (Fsp3) is 0.200. The Labute approximate surface area is 202 Å². The topological polar surface area (TPSA) is 87.6 Å². The van der Waals surface area contributed by atoms with Crippen LogP contribution in [0.15, 0.2) is 60.9 Å². The third-order valence-corrected chi connectivity index (χ3v) is 5.97. The van der Waals surface area contributed by atoms with Crippen molar-refractivity contribution in [3.63, 3.8) is 0 Å². The second-order valence-corrected chi connectivity index (χ2v) is 8.75. The third kappa shape index (κ3) is 4.58. The van der Waals surface area contributed by atoms with Gasteiger partial charge in [0, 0.05) is 38.4 Å². The van der Waals surface area contributed by atoms with Crippen molar-refractivity contribution >= 4 is 40.2 Å². The van der Waals surface area contributed by atoms with Gasteiger partial charge in [0.05, 0.1) is 34.1 Å². The van der Waals surface area contributed by atoms with E-state index in [9.17, 15) is 0 Å². The average Bonchev–Trinajstić information content (AvgIpc) is 3.40. The number of aromatic nitrogens is 6. The third-order valence-electron chi connectivity index (χ3n) is 5.77. The van der Waals surface area contributed by atoms with Crippen molar-refractivity contribution in [1.82, 2.24) is 29.7 Å². The molecule has 0 amide bonds. The molecule has 3 aromatic heterocycles. The lowest BCUT2D eigenvalue weighted by Gasteiger charge is -2.17.